The van der Waals surface area contributed by atoms with E-state index in [2.05, 4.69) is 0 Å². The fraction of sp³-hybridized carbons (Fsp3) is 0.364. The summed E-state index contributed by atoms with van der Waals surface area (Å²) in [6.07, 6.45) is 0.716. The van der Waals surface area contributed by atoms with Gasteiger partial charge in [-0.15, -0.1) is 0 Å². The van der Waals surface area contributed by atoms with Gasteiger partial charge in [0.15, 0.2) is 0 Å². The van der Waals surface area contributed by atoms with Crippen LogP contribution in [0.15, 0.2) is 18.2 Å². The Morgan fingerprint density at radius 1 is 1.50 bits per heavy atom. The SMILES string of the molecule is CCC1C(=O)N(C)c2cc([N+](=O)[O-])ccc21. The van der Waals surface area contributed by atoms with Gasteiger partial charge in [-0.25, -0.2) is 0 Å². The van der Waals surface area contributed by atoms with Crippen LogP contribution in [0.2, 0.25) is 0 Å². The minimum Gasteiger partial charge on any atom is -0.314 e. The van der Waals surface area contributed by atoms with E-state index in [0.717, 1.165) is 5.56 Å². The maximum absolute atomic E-state index is 11.8. The van der Waals surface area contributed by atoms with E-state index >= 15 is 0 Å². The number of carbonyl (C=O) groups excluding carboxylic acids is 1. The number of hydrogen-bond acceptors (Lipinski definition) is 3. The summed E-state index contributed by atoms with van der Waals surface area (Å²) in [5, 5.41) is 10.6. The first-order chi connectivity index (χ1) is 7.56. The highest BCUT2D eigenvalue weighted by molar-refractivity contribution is 6.04. The van der Waals surface area contributed by atoms with Crippen LogP contribution in [0.5, 0.6) is 0 Å². The van der Waals surface area contributed by atoms with E-state index in [-0.39, 0.29) is 17.5 Å². The quantitative estimate of drug-likeness (QED) is 0.566. The van der Waals surface area contributed by atoms with Crippen LogP contribution in [0.1, 0.15) is 24.8 Å². The van der Waals surface area contributed by atoms with Crippen molar-refractivity contribution in [1.29, 1.82) is 0 Å². The van der Waals surface area contributed by atoms with Crippen molar-refractivity contribution in [1.82, 2.24) is 0 Å². The molecule has 1 aliphatic rings. The molecule has 0 aromatic heterocycles. The number of amides is 1. The molecule has 1 aliphatic heterocycles. The molecule has 0 radical (unpaired) electrons. The second kappa shape index (κ2) is 3.59. The number of nitro groups is 1. The van der Waals surface area contributed by atoms with Crippen molar-refractivity contribution in [3.63, 3.8) is 0 Å². The highest BCUT2D eigenvalue weighted by Crippen LogP contribution is 2.39. The maximum atomic E-state index is 11.8. The monoisotopic (exact) mass is 220 g/mol. The van der Waals surface area contributed by atoms with Crippen LogP contribution in [0.25, 0.3) is 0 Å². The van der Waals surface area contributed by atoms with Crippen molar-refractivity contribution in [3.05, 3.63) is 33.9 Å². The number of rotatable bonds is 2. The lowest BCUT2D eigenvalue weighted by atomic mass is 9.98. The molecule has 1 aromatic rings. The number of carbonyl (C=O) groups is 1. The predicted octanol–water partition coefficient (Wildman–Crippen LogP) is 2.06. The number of nitrogens with zero attached hydrogens (tertiary/aromatic N) is 2. The number of likely N-dealkylation sites (N-methyl/N-ethyl adjacent to an activating group) is 1. The zero-order chi connectivity index (χ0) is 11.9. The lowest BCUT2D eigenvalue weighted by molar-refractivity contribution is -0.384. The van der Waals surface area contributed by atoms with Crippen LogP contribution in [0.3, 0.4) is 0 Å². The number of benzene rings is 1. The molecule has 0 bridgehead atoms. The average molecular weight is 220 g/mol. The molecule has 0 spiro atoms. The Balaban J connectivity index is 2.54. The van der Waals surface area contributed by atoms with Gasteiger partial charge in [-0.05, 0) is 18.1 Å². The largest absolute Gasteiger partial charge is 0.314 e. The van der Waals surface area contributed by atoms with E-state index < -0.39 is 4.92 Å². The second-order valence-corrected chi connectivity index (χ2v) is 3.86. The lowest BCUT2D eigenvalue weighted by Gasteiger charge is -2.09. The lowest BCUT2D eigenvalue weighted by Crippen LogP contribution is -2.23. The molecule has 1 amide bonds. The van der Waals surface area contributed by atoms with Crippen molar-refractivity contribution >= 4 is 17.3 Å². The highest BCUT2D eigenvalue weighted by Gasteiger charge is 2.34. The van der Waals surface area contributed by atoms with Crippen LogP contribution < -0.4 is 4.90 Å². The molecular formula is C11H12N2O3. The third-order valence-electron chi connectivity index (χ3n) is 3.00. The molecule has 2 rings (SSSR count). The maximum Gasteiger partial charge on any atom is 0.271 e. The zero-order valence-electron chi connectivity index (χ0n) is 9.14. The van der Waals surface area contributed by atoms with Gasteiger partial charge in [-0.1, -0.05) is 6.92 Å². The van der Waals surface area contributed by atoms with Gasteiger partial charge in [0.2, 0.25) is 5.91 Å². The summed E-state index contributed by atoms with van der Waals surface area (Å²) in [7, 11) is 1.65. The number of nitro benzene ring substituents is 1. The average Bonchev–Trinajstić information content (AvgIpc) is 2.51. The number of non-ortho nitro benzene ring substituents is 1. The molecule has 0 aliphatic carbocycles. The van der Waals surface area contributed by atoms with Gasteiger partial charge in [0.05, 0.1) is 16.5 Å². The second-order valence-electron chi connectivity index (χ2n) is 3.86. The third-order valence-corrected chi connectivity index (χ3v) is 3.00. The van der Waals surface area contributed by atoms with Crippen LogP contribution in [0.4, 0.5) is 11.4 Å². The van der Waals surface area contributed by atoms with Gasteiger partial charge in [-0.2, -0.15) is 0 Å². The molecule has 5 heteroatoms. The van der Waals surface area contributed by atoms with E-state index in [9.17, 15) is 14.9 Å². The fourth-order valence-corrected chi connectivity index (χ4v) is 2.11. The highest BCUT2D eigenvalue weighted by atomic mass is 16.6. The normalized spacial score (nSPS) is 18.8. The molecule has 0 N–H and O–H groups in total. The van der Waals surface area contributed by atoms with Crippen molar-refractivity contribution in [2.24, 2.45) is 0 Å². The zero-order valence-corrected chi connectivity index (χ0v) is 9.14. The summed E-state index contributed by atoms with van der Waals surface area (Å²) in [5.41, 5.74) is 1.57. The minimum absolute atomic E-state index is 0.0120. The van der Waals surface area contributed by atoms with Crippen molar-refractivity contribution in [2.45, 2.75) is 19.3 Å². The molecule has 5 nitrogen and oxygen atoms in total. The van der Waals surface area contributed by atoms with Crippen molar-refractivity contribution in [2.75, 3.05) is 11.9 Å². The molecule has 84 valence electrons. The van der Waals surface area contributed by atoms with E-state index in [1.54, 1.807) is 13.1 Å². The van der Waals surface area contributed by atoms with Gasteiger partial charge in [0, 0.05) is 19.2 Å². The topological polar surface area (TPSA) is 63.5 Å². The first kappa shape index (κ1) is 10.6. The van der Waals surface area contributed by atoms with Crippen LogP contribution in [0, 0.1) is 10.1 Å². The smallest absolute Gasteiger partial charge is 0.271 e. The Kier molecular flexibility index (Phi) is 2.38. The summed E-state index contributed by atoms with van der Waals surface area (Å²) in [4.78, 5) is 23.5. The summed E-state index contributed by atoms with van der Waals surface area (Å²) < 4.78 is 0. The Morgan fingerprint density at radius 2 is 2.19 bits per heavy atom. The molecule has 1 aromatic carbocycles. The van der Waals surface area contributed by atoms with Crippen LogP contribution in [-0.2, 0) is 4.79 Å². The van der Waals surface area contributed by atoms with E-state index in [4.69, 9.17) is 0 Å². The van der Waals surface area contributed by atoms with Crippen LogP contribution >= 0.6 is 0 Å². The van der Waals surface area contributed by atoms with E-state index in [1.165, 1.54) is 17.0 Å². The standard InChI is InChI=1S/C11H12N2O3/c1-3-8-9-5-4-7(13(15)16)6-10(9)12(2)11(8)14/h4-6,8H,3H2,1-2H3. The van der Waals surface area contributed by atoms with Gasteiger partial charge in [0.1, 0.15) is 0 Å². The predicted molar refractivity (Wildman–Crippen MR) is 59.5 cm³/mol. The Morgan fingerprint density at radius 3 is 2.75 bits per heavy atom. The molecule has 1 atom stereocenters. The van der Waals surface area contributed by atoms with Gasteiger partial charge in [0.25, 0.3) is 5.69 Å². The molecule has 0 saturated heterocycles. The Labute approximate surface area is 92.8 Å². The fourth-order valence-electron chi connectivity index (χ4n) is 2.11. The Bertz CT molecular complexity index is 470. The van der Waals surface area contributed by atoms with E-state index in [1.807, 2.05) is 6.92 Å². The minimum atomic E-state index is -0.447. The summed E-state index contributed by atoms with van der Waals surface area (Å²) in [5.74, 6) is -0.140. The van der Waals surface area contributed by atoms with Crippen molar-refractivity contribution < 1.29 is 9.72 Å². The van der Waals surface area contributed by atoms with Gasteiger partial charge >= 0.3 is 0 Å². The van der Waals surface area contributed by atoms with Crippen molar-refractivity contribution in [3.8, 4) is 0 Å². The molecule has 16 heavy (non-hydrogen) atoms. The number of anilines is 1. The van der Waals surface area contributed by atoms with Crippen LogP contribution in [-0.4, -0.2) is 17.9 Å². The van der Waals surface area contributed by atoms with Gasteiger partial charge in [-0.3, -0.25) is 14.9 Å². The molecule has 0 saturated carbocycles. The first-order valence-corrected chi connectivity index (χ1v) is 5.12. The molecule has 0 fully saturated rings. The third kappa shape index (κ3) is 1.36. The molecule has 1 heterocycles. The molecular weight excluding hydrogens is 208 g/mol. The summed E-state index contributed by atoms with van der Waals surface area (Å²) in [6, 6.07) is 4.60. The number of hydrogen-bond donors (Lipinski definition) is 0. The summed E-state index contributed by atoms with van der Waals surface area (Å²) in [6.45, 7) is 1.94. The van der Waals surface area contributed by atoms with E-state index in [0.29, 0.717) is 12.1 Å². The number of fused-ring (bicyclic) bond motifs is 1. The summed E-state index contributed by atoms with van der Waals surface area (Å²) >= 11 is 0. The molecule has 1 unspecified atom stereocenters. The van der Waals surface area contributed by atoms with Gasteiger partial charge < -0.3 is 4.90 Å². The Hall–Kier alpha value is -1.91. The first-order valence-electron chi connectivity index (χ1n) is 5.12.